The van der Waals surface area contributed by atoms with Gasteiger partial charge in [0.1, 0.15) is 5.82 Å². The van der Waals surface area contributed by atoms with E-state index >= 15 is 0 Å². The Morgan fingerprint density at radius 1 is 1.14 bits per heavy atom. The first-order chi connectivity index (χ1) is 9.90. The van der Waals surface area contributed by atoms with Crippen molar-refractivity contribution in [3.05, 3.63) is 28.0 Å². The van der Waals surface area contributed by atoms with Crippen LogP contribution in [0.5, 0.6) is 0 Å². The van der Waals surface area contributed by atoms with Gasteiger partial charge in [-0.05, 0) is 40.5 Å². The van der Waals surface area contributed by atoms with E-state index in [-0.39, 0.29) is 5.82 Å². The number of nitrogens with one attached hydrogen (secondary N) is 2. The number of aryl methyl sites for hydroxylation is 1. The molecule has 0 aliphatic carbocycles. The highest BCUT2D eigenvalue weighted by atomic mass is 79.9. The Bertz CT molecular complexity index is 661. The van der Waals surface area contributed by atoms with E-state index in [1.165, 1.54) is 6.07 Å². The molecule has 2 N–H and O–H groups in total. The van der Waals surface area contributed by atoms with Gasteiger partial charge in [0.2, 0.25) is 17.8 Å². The van der Waals surface area contributed by atoms with Crippen molar-refractivity contribution in [2.45, 2.75) is 6.92 Å². The van der Waals surface area contributed by atoms with Crippen molar-refractivity contribution >= 4 is 39.5 Å². The van der Waals surface area contributed by atoms with E-state index in [2.05, 4.69) is 41.5 Å². The zero-order valence-electron chi connectivity index (χ0n) is 12.2. The highest BCUT2D eigenvalue weighted by Crippen LogP contribution is 2.26. The summed E-state index contributed by atoms with van der Waals surface area (Å²) in [6.45, 7) is 1.87. The average Bonchev–Trinajstić information content (AvgIpc) is 2.44. The Morgan fingerprint density at radius 3 is 2.43 bits per heavy atom. The summed E-state index contributed by atoms with van der Waals surface area (Å²) in [4.78, 5) is 14.5. The maximum atomic E-state index is 13.7. The first-order valence-corrected chi connectivity index (χ1v) is 7.04. The third-order valence-corrected chi connectivity index (χ3v) is 3.37. The summed E-state index contributed by atoms with van der Waals surface area (Å²) in [6, 6.07) is 3.10. The maximum absolute atomic E-state index is 13.7. The normalized spacial score (nSPS) is 10.4. The van der Waals surface area contributed by atoms with Gasteiger partial charge in [0, 0.05) is 26.8 Å². The van der Waals surface area contributed by atoms with Gasteiger partial charge in [-0.1, -0.05) is 0 Å². The summed E-state index contributed by atoms with van der Waals surface area (Å²) in [5, 5.41) is 5.89. The van der Waals surface area contributed by atoms with Crippen molar-refractivity contribution in [2.75, 3.05) is 36.7 Å². The standard InChI is InChI=1S/C13H16BrFN6/c1-7-5-8(14)9(15)6-10(7)17-12-18-11(16-2)19-13(20-12)21(3)4/h5-6H,1-4H3,(H2,16,17,18,19,20). The summed E-state index contributed by atoms with van der Waals surface area (Å²) in [5.74, 6) is 0.945. The number of nitrogens with zero attached hydrogens (tertiary/aromatic N) is 4. The van der Waals surface area contributed by atoms with Crippen LogP contribution in [0.2, 0.25) is 0 Å². The topological polar surface area (TPSA) is 66.0 Å². The molecule has 0 spiro atoms. The maximum Gasteiger partial charge on any atom is 0.233 e. The molecule has 0 radical (unpaired) electrons. The SMILES string of the molecule is CNc1nc(Nc2cc(F)c(Br)cc2C)nc(N(C)C)n1. The smallest absolute Gasteiger partial charge is 0.233 e. The highest BCUT2D eigenvalue weighted by Gasteiger charge is 2.10. The number of hydrogen-bond donors (Lipinski definition) is 2. The Morgan fingerprint density at radius 2 is 1.81 bits per heavy atom. The van der Waals surface area contributed by atoms with Crippen molar-refractivity contribution in [1.29, 1.82) is 0 Å². The van der Waals surface area contributed by atoms with E-state index in [1.54, 1.807) is 18.0 Å². The lowest BCUT2D eigenvalue weighted by molar-refractivity contribution is 0.621. The van der Waals surface area contributed by atoms with Crippen LogP contribution >= 0.6 is 15.9 Å². The molecule has 1 aromatic carbocycles. The molecule has 6 nitrogen and oxygen atoms in total. The number of aromatic nitrogens is 3. The van der Waals surface area contributed by atoms with Gasteiger partial charge < -0.3 is 15.5 Å². The van der Waals surface area contributed by atoms with Gasteiger partial charge in [-0.2, -0.15) is 15.0 Å². The van der Waals surface area contributed by atoms with Gasteiger partial charge in [0.05, 0.1) is 4.47 Å². The summed E-state index contributed by atoms with van der Waals surface area (Å²) < 4.78 is 14.1. The van der Waals surface area contributed by atoms with Gasteiger partial charge >= 0.3 is 0 Å². The van der Waals surface area contributed by atoms with E-state index in [0.717, 1.165) is 5.56 Å². The van der Waals surface area contributed by atoms with Gasteiger partial charge in [-0.15, -0.1) is 0 Å². The quantitative estimate of drug-likeness (QED) is 0.879. The minimum Gasteiger partial charge on any atom is -0.357 e. The lowest BCUT2D eigenvalue weighted by atomic mass is 10.2. The number of anilines is 4. The molecule has 21 heavy (non-hydrogen) atoms. The van der Waals surface area contributed by atoms with Gasteiger partial charge in [-0.25, -0.2) is 4.39 Å². The zero-order valence-corrected chi connectivity index (χ0v) is 13.8. The molecule has 0 aliphatic heterocycles. The molecule has 0 saturated heterocycles. The Balaban J connectivity index is 2.39. The van der Waals surface area contributed by atoms with Crippen LogP contribution in [0, 0.1) is 12.7 Å². The molecular formula is C13H16BrFN6. The monoisotopic (exact) mass is 354 g/mol. The second-order valence-corrected chi connectivity index (χ2v) is 5.49. The number of halogens is 2. The molecule has 1 aromatic heterocycles. The van der Waals surface area contributed by atoms with Crippen LogP contribution in [0.15, 0.2) is 16.6 Å². The lowest BCUT2D eigenvalue weighted by Gasteiger charge is -2.14. The molecule has 0 atom stereocenters. The Hall–Kier alpha value is -1.96. The van der Waals surface area contributed by atoms with Crippen molar-refractivity contribution in [1.82, 2.24) is 15.0 Å². The molecule has 2 aromatic rings. The van der Waals surface area contributed by atoms with Crippen molar-refractivity contribution in [3.63, 3.8) is 0 Å². The Kier molecular flexibility index (Phi) is 4.56. The van der Waals surface area contributed by atoms with Crippen LogP contribution in [-0.2, 0) is 0 Å². The number of rotatable bonds is 4. The molecular weight excluding hydrogens is 339 g/mol. The van der Waals surface area contributed by atoms with Gasteiger partial charge in [0.25, 0.3) is 0 Å². The van der Waals surface area contributed by atoms with Crippen molar-refractivity contribution in [3.8, 4) is 0 Å². The number of hydrogen-bond acceptors (Lipinski definition) is 6. The fourth-order valence-electron chi connectivity index (χ4n) is 1.63. The van der Waals surface area contributed by atoms with E-state index in [4.69, 9.17) is 0 Å². The van der Waals surface area contributed by atoms with Crippen molar-refractivity contribution in [2.24, 2.45) is 0 Å². The molecule has 0 bridgehead atoms. The summed E-state index contributed by atoms with van der Waals surface area (Å²) in [6.07, 6.45) is 0. The van der Waals surface area contributed by atoms with Crippen LogP contribution in [0.3, 0.4) is 0 Å². The molecule has 0 amide bonds. The third-order valence-electron chi connectivity index (χ3n) is 2.76. The minimum absolute atomic E-state index is 0.348. The van der Waals surface area contributed by atoms with Gasteiger partial charge in [-0.3, -0.25) is 0 Å². The molecule has 0 unspecified atom stereocenters. The molecule has 112 valence electrons. The first kappa shape index (κ1) is 15.4. The lowest BCUT2D eigenvalue weighted by Crippen LogP contribution is -2.15. The van der Waals surface area contributed by atoms with Crippen LogP contribution in [0.4, 0.5) is 27.9 Å². The predicted molar refractivity (Wildman–Crippen MR) is 85.8 cm³/mol. The summed E-state index contributed by atoms with van der Waals surface area (Å²) in [7, 11) is 5.40. The van der Waals surface area contributed by atoms with Crippen LogP contribution in [0.1, 0.15) is 5.56 Å². The van der Waals surface area contributed by atoms with Crippen LogP contribution in [-0.4, -0.2) is 36.1 Å². The van der Waals surface area contributed by atoms with Gasteiger partial charge in [0.15, 0.2) is 0 Å². The second kappa shape index (κ2) is 6.21. The molecule has 0 aliphatic rings. The molecule has 0 fully saturated rings. The fraction of sp³-hybridized carbons (Fsp3) is 0.308. The largest absolute Gasteiger partial charge is 0.357 e. The van der Waals surface area contributed by atoms with E-state index in [9.17, 15) is 4.39 Å². The highest BCUT2D eigenvalue weighted by molar-refractivity contribution is 9.10. The van der Waals surface area contributed by atoms with E-state index in [0.29, 0.717) is 28.0 Å². The van der Waals surface area contributed by atoms with E-state index < -0.39 is 0 Å². The predicted octanol–water partition coefficient (Wildman–Crippen LogP) is 2.93. The fourth-order valence-corrected chi connectivity index (χ4v) is 2.09. The second-order valence-electron chi connectivity index (χ2n) is 4.63. The molecule has 0 saturated carbocycles. The zero-order chi connectivity index (χ0) is 15.6. The average molecular weight is 355 g/mol. The third kappa shape index (κ3) is 3.57. The number of benzene rings is 1. The molecule has 1 heterocycles. The van der Waals surface area contributed by atoms with Crippen molar-refractivity contribution < 1.29 is 4.39 Å². The summed E-state index contributed by atoms with van der Waals surface area (Å²) in [5.41, 5.74) is 1.48. The van der Waals surface area contributed by atoms with E-state index in [1.807, 2.05) is 21.0 Å². The molecule has 2 rings (SSSR count). The minimum atomic E-state index is -0.348. The first-order valence-electron chi connectivity index (χ1n) is 6.24. The van der Waals surface area contributed by atoms with Crippen LogP contribution in [0.25, 0.3) is 0 Å². The summed E-state index contributed by atoms with van der Waals surface area (Å²) >= 11 is 3.16. The Labute approximate surface area is 130 Å². The van der Waals surface area contributed by atoms with Crippen LogP contribution < -0.4 is 15.5 Å². The molecule has 8 heteroatoms.